The van der Waals surface area contributed by atoms with Gasteiger partial charge in [0.2, 0.25) is 0 Å². The van der Waals surface area contributed by atoms with Crippen LogP contribution in [0.4, 0.5) is 0 Å². The van der Waals surface area contributed by atoms with Gasteiger partial charge in [0, 0.05) is 1.43 Å². The number of unbranched alkanes of at least 4 members (excludes halogenated alkanes) is 3. The molecule has 0 aliphatic heterocycles. The van der Waals surface area contributed by atoms with Crippen LogP contribution >= 0.6 is 0 Å². The minimum Gasteiger partial charge on any atom is -0.0683 e. The predicted octanol–water partition coefficient (Wildman–Crippen LogP) is 4.89. The van der Waals surface area contributed by atoms with Crippen molar-refractivity contribution in [2.45, 2.75) is 67.2 Å². The van der Waals surface area contributed by atoms with E-state index in [0.717, 1.165) is 0 Å². The molecule has 0 bridgehead atoms. The van der Waals surface area contributed by atoms with Crippen LogP contribution in [0.25, 0.3) is 0 Å². The summed E-state index contributed by atoms with van der Waals surface area (Å²) < 4.78 is 0. The summed E-state index contributed by atoms with van der Waals surface area (Å²) in [5.74, 6) is 0. The largest absolute Gasteiger partial charge is 0.0683 e. The van der Waals surface area contributed by atoms with E-state index in [1.807, 2.05) is 27.7 Å². The van der Waals surface area contributed by atoms with E-state index in [-0.39, 0.29) is 1.43 Å². The van der Waals surface area contributed by atoms with E-state index in [4.69, 9.17) is 0 Å². The van der Waals surface area contributed by atoms with Crippen LogP contribution in [-0.2, 0) is 0 Å². The maximum absolute atomic E-state index is 2.23. The number of hydrogen-bond donors (Lipinski definition) is 0. The molecule has 68 valence electrons. The number of hydrogen-bond acceptors (Lipinski definition) is 0. The molecule has 0 amide bonds. The zero-order chi connectivity index (χ0) is 8.83. The van der Waals surface area contributed by atoms with E-state index in [9.17, 15) is 0 Å². The van der Waals surface area contributed by atoms with Gasteiger partial charge in [-0.15, -0.1) is 0 Å². The van der Waals surface area contributed by atoms with Gasteiger partial charge in [-0.05, 0) is 0 Å². The van der Waals surface area contributed by atoms with E-state index >= 15 is 0 Å². The molecule has 0 nitrogen and oxygen atoms in total. The van der Waals surface area contributed by atoms with Gasteiger partial charge in [0.1, 0.15) is 0 Å². The van der Waals surface area contributed by atoms with Crippen molar-refractivity contribution in [2.24, 2.45) is 0 Å². The zero-order valence-corrected chi connectivity index (χ0v) is 8.83. The van der Waals surface area contributed by atoms with Gasteiger partial charge in [0.05, 0.1) is 0 Å². The SMILES string of the molecule is CC.CC.CCCCCC.[HH]. The second-order valence-corrected chi connectivity index (χ2v) is 1.71. The average Bonchev–Trinajstić information content (AvgIpc) is 2.08. The molecule has 0 N–H and O–H groups in total. The third-order valence-electron chi connectivity index (χ3n) is 0.957. The second kappa shape index (κ2) is 36.0. The molecule has 0 heteroatoms. The molecular weight excluding hydrogens is 120 g/mol. The highest BCUT2D eigenvalue weighted by atomic mass is 13.8. The molecule has 0 aromatic heterocycles. The third-order valence-corrected chi connectivity index (χ3v) is 0.957. The minimum atomic E-state index is 0. The second-order valence-electron chi connectivity index (χ2n) is 1.71. The molecule has 0 unspecified atom stereocenters. The van der Waals surface area contributed by atoms with Crippen LogP contribution in [0.2, 0.25) is 0 Å². The molecule has 0 saturated carbocycles. The molecule has 0 saturated heterocycles. The summed E-state index contributed by atoms with van der Waals surface area (Å²) in [5, 5.41) is 0. The molecule has 0 atom stereocenters. The van der Waals surface area contributed by atoms with Crippen LogP contribution in [-0.4, -0.2) is 0 Å². The normalized spacial score (nSPS) is 6.60. The topological polar surface area (TPSA) is 0 Å². The molecular formula is C10H28. The molecule has 0 heterocycles. The Kier molecular flexibility index (Phi) is 59.5. The van der Waals surface area contributed by atoms with Crippen molar-refractivity contribution in [1.82, 2.24) is 0 Å². The molecule has 0 aliphatic rings. The Labute approximate surface area is 69.5 Å². The van der Waals surface area contributed by atoms with Crippen molar-refractivity contribution in [3.05, 3.63) is 0 Å². The van der Waals surface area contributed by atoms with E-state index in [1.54, 1.807) is 0 Å². The lowest BCUT2D eigenvalue weighted by Crippen LogP contribution is -1.66. The zero-order valence-electron chi connectivity index (χ0n) is 8.83. The van der Waals surface area contributed by atoms with E-state index in [0.29, 0.717) is 0 Å². The average molecular weight is 148 g/mol. The third kappa shape index (κ3) is 43.6. The van der Waals surface area contributed by atoms with Crippen LogP contribution in [0.1, 0.15) is 68.7 Å². The van der Waals surface area contributed by atoms with Crippen LogP contribution in [0.5, 0.6) is 0 Å². The predicted molar refractivity (Wildman–Crippen MR) is 54.6 cm³/mol. The van der Waals surface area contributed by atoms with Gasteiger partial charge >= 0.3 is 0 Å². The standard InChI is InChI=1S/C6H14.2C2H6.H2/c1-3-5-6-4-2;2*1-2;/h3-6H2,1-2H3;2*1-2H3;1H. The highest BCUT2D eigenvalue weighted by Crippen LogP contribution is 1.95. The van der Waals surface area contributed by atoms with Crippen molar-refractivity contribution in [3.8, 4) is 0 Å². The summed E-state index contributed by atoms with van der Waals surface area (Å²) in [4.78, 5) is 0. The van der Waals surface area contributed by atoms with Crippen molar-refractivity contribution in [1.29, 1.82) is 0 Å². The van der Waals surface area contributed by atoms with Crippen LogP contribution < -0.4 is 0 Å². The van der Waals surface area contributed by atoms with Crippen LogP contribution in [0.3, 0.4) is 0 Å². The van der Waals surface area contributed by atoms with Gasteiger partial charge in [-0.25, -0.2) is 0 Å². The first-order chi connectivity index (χ1) is 4.91. The Morgan fingerprint density at radius 3 is 1.00 bits per heavy atom. The lowest BCUT2D eigenvalue weighted by Gasteiger charge is -1.86. The van der Waals surface area contributed by atoms with Gasteiger partial charge in [-0.2, -0.15) is 0 Å². The fraction of sp³-hybridized carbons (Fsp3) is 1.00. The highest BCUT2D eigenvalue weighted by Gasteiger charge is 1.75. The van der Waals surface area contributed by atoms with E-state index in [1.165, 1.54) is 25.7 Å². The molecule has 0 rings (SSSR count). The lowest BCUT2D eigenvalue weighted by atomic mass is 10.2. The Hall–Kier alpha value is 0. The lowest BCUT2D eigenvalue weighted by molar-refractivity contribution is 0.702. The molecule has 0 radical (unpaired) electrons. The maximum Gasteiger partial charge on any atom is 0 e. The van der Waals surface area contributed by atoms with Crippen LogP contribution in [0, 0.1) is 0 Å². The molecule has 0 spiro atoms. The van der Waals surface area contributed by atoms with Crippen molar-refractivity contribution in [3.63, 3.8) is 0 Å². The molecule has 0 fully saturated rings. The van der Waals surface area contributed by atoms with Gasteiger partial charge in [0.25, 0.3) is 0 Å². The van der Waals surface area contributed by atoms with E-state index < -0.39 is 0 Å². The molecule has 0 aliphatic carbocycles. The maximum atomic E-state index is 2.23. The quantitative estimate of drug-likeness (QED) is 0.500. The summed E-state index contributed by atoms with van der Waals surface area (Å²) in [6, 6.07) is 0. The number of rotatable bonds is 3. The van der Waals surface area contributed by atoms with Gasteiger partial charge in [-0.3, -0.25) is 0 Å². The highest BCUT2D eigenvalue weighted by molar-refractivity contribution is 4.31. The Morgan fingerprint density at radius 1 is 0.700 bits per heavy atom. The minimum absolute atomic E-state index is 0. The monoisotopic (exact) mass is 148 g/mol. The summed E-state index contributed by atoms with van der Waals surface area (Å²) in [5.41, 5.74) is 0. The van der Waals surface area contributed by atoms with Crippen LogP contribution in [0.15, 0.2) is 0 Å². The van der Waals surface area contributed by atoms with E-state index in [2.05, 4.69) is 13.8 Å². The molecule has 10 heavy (non-hydrogen) atoms. The van der Waals surface area contributed by atoms with Crippen molar-refractivity contribution >= 4 is 0 Å². The molecule has 0 aromatic rings. The Bertz CT molecular complexity index is 16.8. The van der Waals surface area contributed by atoms with Crippen molar-refractivity contribution < 1.29 is 1.43 Å². The van der Waals surface area contributed by atoms with Gasteiger partial charge < -0.3 is 0 Å². The summed E-state index contributed by atoms with van der Waals surface area (Å²) in [6.45, 7) is 12.5. The first-order valence-electron chi connectivity index (χ1n) is 4.91. The Morgan fingerprint density at radius 2 is 0.900 bits per heavy atom. The fourth-order valence-electron chi connectivity index (χ4n) is 0.500. The van der Waals surface area contributed by atoms with Crippen molar-refractivity contribution in [2.75, 3.05) is 0 Å². The molecule has 0 aromatic carbocycles. The van der Waals surface area contributed by atoms with Gasteiger partial charge in [0.15, 0.2) is 0 Å². The summed E-state index contributed by atoms with van der Waals surface area (Å²) >= 11 is 0. The first kappa shape index (κ1) is 16.5. The van der Waals surface area contributed by atoms with Gasteiger partial charge in [-0.1, -0.05) is 67.2 Å². The summed E-state index contributed by atoms with van der Waals surface area (Å²) in [6.07, 6.45) is 5.54. The smallest absolute Gasteiger partial charge is 0 e. The Balaban J connectivity index is -0.0000000428. The fourth-order valence-corrected chi connectivity index (χ4v) is 0.500. The summed E-state index contributed by atoms with van der Waals surface area (Å²) in [7, 11) is 0. The first-order valence-corrected chi connectivity index (χ1v) is 4.91.